The van der Waals surface area contributed by atoms with Crippen LogP contribution in [0.1, 0.15) is 328 Å². The highest BCUT2D eigenvalue weighted by molar-refractivity contribution is 7.45. The Bertz CT molecular complexity index is 1630. The number of amides is 1. The van der Waals surface area contributed by atoms with Crippen molar-refractivity contribution in [1.29, 1.82) is 0 Å². The Morgan fingerprint density at radius 3 is 1.07 bits per heavy atom. The predicted molar refractivity (Wildman–Crippen MR) is 362 cm³/mol. The van der Waals surface area contributed by atoms with Gasteiger partial charge in [0.1, 0.15) is 13.2 Å². The van der Waals surface area contributed by atoms with Crippen LogP contribution in [0.2, 0.25) is 0 Å². The fraction of sp³-hybridized carbons (Fsp3) is 0.797. The van der Waals surface area contributed by atoms with Crippen LogP contribution in [0, 0.1) is 0 Å². The first-order valence-electron chi connectivity index (χ1n) is 35.4. The molecule has 0 heterocycles. The highest BCUT2D eigenvalue weighted by Gasteiger charge is 2.23. The molecule has 0 aromatic carbocycles. The number of allylic oxidation sites excluding steroid dienone is 13. The maximum absolute atomic E-state index is 13.0. The molecule has 0 rings (SSSR count). The molecule has 83 heavy (non-hydrogen) atoms. The van der Waals surface area contributed by atoms with Crippen LogP contribution in [0.25, 0.3) is 0 Å². The molecule has 9 heteroatoms. The van der Waals surface area contributed by atoms with Crippen LogP contribution < -0.4 is 10.2 Å². The van der Waals surface area contributed by atoms with Crippen LogP contribution in [0.4, 0.5) is 0 Å². The van der Waals surface area contributed by atoms with Gasteiger partial charge in [0, 0.05) is 6.42 Å². The smallest absolute Gasteiger partial charge is 0.268 e. The SMILES string of the molecule is CC/C=C\C/C=C\C/C=C\C/C=C\C/C=C\C/C=C\CCCCCCCCCCCCCCCCCCCCC(=O)NC(COP(=O)([O-])OCC[N+](C)(C)C)C(O)/C=C/CCCCCCCCCCCCCCCCCCCCCCCC. The van der Waals surface area contributed by atoms with E-state index in [9.17, 15) is 19.4 Å². The normalized spacial score (nSPS) is 14.2. The molecular weight excluding hydrogens is 1040 g/mol. The number of phosphoric acid groups is 1. The second-order valence-corrected chi connectivity index (χ2v) is 26.6. The molecule has 0 bridgehead atoms. The number of rotatable bonds is 65. The molecular formula is C74H137N2O6P. The number of aliphatic hydroxyl groups is 1. The molecule has 0 fully saturated rings. The minimum Gasteiger partial charge on any atom is -0.756 e. The summed E-state index contributed by atoms with van der Waals surface area (Å²) >= 11 is 0. The van der Waals surface area contributed by atoms with E-state index < -0.39 is 20.0 Å². The molecule has 0 saturated carbocycles. The fourth-order valence-corrected chi connectivity index (χ4v) is 11.1. The molecule has 0 saturated heterocycles. The lowest BCUT2D eigenvalue weighted by Crippen LogP contribution is -2.45. The van der Waals surface area contributed by atoms with Crippen molar-refractivity contribution < 1.29 is 32.9 Å². The number of phosphoric ester groups is 1. The monoisotopic (exact) mass is 1180 g/mol. The number of unbranched alkanes of at least 4 members (excludes halogenated alkanes) is 40. The van der Waals surface area contributed by atoms with Crippen molar-refractivity contribution in [3.63, 3.8) is 0 Å². The van der Waals surface area contributed by atoms with Crippen LogP contribution in [-0.4, -0.2) is 68.5 Å². The van der Waals surface area contributed by atoms with Gasteiger partial charge in [-0.25, -0.2) is 0 Å². The van der Waals surface area contributed by atoms with Crippen molar-refractivity contribution in [2.75, 3.05) is 40.9 Å². The topological polar surface area (TPSA) is 108 Å². The van der Waals surface area contributed by atoms with E-state index in [4.69, 9.17) is 9.05 Å². The quantitative estimate of drug-likeness (QED) is 0.0272. The van der Waals surface area contributed by atoms with E-state index in [1.165, 1.54) is 231 Å². The summed E-state index contributed by atoms with van der Waals surface area (Å²) in [6.07, 6.45) is 91.3. The summed E-state index contributed by atoms with van der Waals surface area (Å²) in [4.78, 5) is 25.6. The lowest BCUT2D eigenvalue weighted by atomic mass is 10.0. The first-order valence-corrected chi connectivity index (χ1v) is 36.9. The van der Waals surface area contributed by atoms with Crippen molar-refractivity contribution in [3.8, 4) is 0 Å². The third-order valence-electron chi connectivity index (χ3n) is 15.9. The van der Waals surface area contributed by atoms with Gasteiger partial charge in [-0.1, -0.05) is 336 Å². The van der Waals surface area contributed by atoms with E-state index in [2.05, 4.69) is 92.1 Å². The number of quaternary nitrogens is 1. The Morgan fingerprint density at radius 2 is 0.735 bits per heavy atom. The third-order valence-corrected chi connectivity index (χ3v) is 16.8. The second-order valence-electron chi connectivity index (χ2n) is 25.2. The van der Waals surface area contributed by atoms with Gasteiger partial charge in [0.25, 0.3) is 7.82 Å². The van der Waals surface area contributed by atoms with Gasteiger partial charge in [-0.05, 0) is 70.6 Å². The summed E-state index contributed by atoms with van der Waals surface area (Å²) in [5, 5.41) is 14.0. The summed E-state index contributed by atoms with van der Waals surface area (Å²) in [5.74, 6) is -0.194. The lowest BCUT2D eigenvalue weighted by Gasteiger charge is -2.29. The van der Waals surface area contributed by atoms with E-state index in [0.717, 1.165) is 77.0 Å². The molecule has 8 nitrogen and oxygen atoms in total. The van der Waals surface area contributed by atoms with Crippen molar-refractivity contribution in [2.45, 2.75) is 341 Å². The Balaban J connectivity index is 4.03. The molecule has 0 aromatic heterocycles. The van der Waals surface area contributed by atoms with Crippen molar-refractivity contribution in [1.82, 2.24) is 5.32 Å². The van der Waals surface area contributed by atoms with Crippen molar-refractivity contribution in [2.24, 2.45) is 0 Å². The minimum absolute atomic E-state index is 0.00161. The first-order chi connectivity index (χ1) is 40.5. The van der Waals surface area contributed by atoms with Crippen LogP contribution in [0.3, 0.4) is 0 Å². The summed E-state index contributed by atoms with van der Waals surface area (Å²) in [6.45, 7) is 4.57. The number of hydrogen-bond acceptors (Lipinski definition) is 6. The zero-order valence-electron chi connectivity index (χ0n) is 55.4. The highest BCUT2D eigenvalue weighted by Crippen LogP contribution is 2.38. The van der Waals surface area contributed by atoms with Crippen LogP contribution in [0.15, 0.2) is 85.1 Å². The number of carbonyl (C=O) groups is 1. The number of nitrogens with one attached hydrogen (secondary N) is 1. The van der Waals surface area contributed by atoms with E-state index in [0.29, 0.717) is 17.4 Å². The van der Waals surface area contributed by atoms with Crippen LogP contribution >= 0.6 is 7.82 Å². The highest BCUT2D eigenvalue weighted by atomic mass is 31.2. The van der Waals surface area contributed by atoms with Gasteiger partial charge in [-0.2, -0.15) is 0 Å². The molecule has 3 atom stereocenters. The Kier molecular flexibility index (Phi) is 62.4. The fourth-order valence-electron chi connectivity index (χ4n) is 10.4. The van der Waals surface area contributed by atoms with E-state index in [1.807, 2.05) is 27.2 Å². The van der Waals surface area contributed by atoms with Gasteiger partial charge >= 0.3 is 0 Å². The van der Waals surface area contributed by atoms with Gasteiger partial charge in [-0.3, -0.25) is 9.36 Å². The number of aliphatic hydroxyl groups excluding tert-OH is 1. The van der Waals surface area contributed by atoms with E-state index >= 15 is 0 Å². The number of nitrogens with zero attached hydrogens (tertiary/aromatic N) is 1. The number of likely N-dealkylation sites (N-methyl/N-ethyl adjacent to an activating group) is 1. The van der Waals surface area contributed by atoms with Crippen LogP contribution in [0.5, 0.6) is 0 Å². The second kappa shape index (κ2) is 64.2. The molecule has 0 spiro atoms. The summed E-state index contributed by atoms with van der Waals surface area (Å²) in [5.41, 5.74) is 0. The molecule has 484 valence electrons. The van der Waals surface area contributed by atoms with Gasteiger partial charge in [0.05, 0.1) is 39.9 Å². The molecule has 3 unspecified atom stereocenters. The Morgan fingerprint density at radius 1 is 0.434 bits per heavy atom. The summed E-state index contributed by atoms with van der Waals surface area (Å²) in [6, 6.07) is -0.890. The molecule has 2 N–H and O–H groups in total. The van der Waals surface area contributed by atoms with Gasteiger partial charge < -0.3 is 28.8 Å². The molecule has 1 amide bonds. The zero-order valence-corrected chi connectivity index (χ0v) is 56.3. The molecule has 0 aromatic rings. The maximum Gasteiger partial charge on any atom is 0.268 e. The number of hydrogen-bond donors (Lipinski definition) is 2. The average molecular weight is 1180 g/mol. The summed E-state index contributed by atoms with van der Waals surface area (Å²) < 4.78 is 23.5. The first kappa shape index (κ1) is 80.7. The van der Waals surface area contributed by atoms with Crippen molar-refractivity contribution >= 4 is 13.7 Å². The predicted octanol–water partition coefficient (Wildman–Crippen LogP) is 22.1. The minimum atomic E-state index is -4.61. The molecule has 0 radical (unpaired) electrons. The standard InChI is InChI=1S/C74H137N2O6P/c1-6-8-10-12-14-16-18-20-22-24-26-28-30-32-33-34-35-36-37-38-39-40-41-42-43-44-46-48-50-52-54-56-58-60-62-64-66-68-74(78)75-72(71-82-83(79,80)81-70-69-76(3,4)5)73(77)67-65-63-61-59-57-55-53-51-49-47-45-31-29-27-25-23-21-19-17-15-13-11-9-7-2/h8,10,14,16,20,22,26,28,32-33,35-36,65,67,72-73,77H,6-7,9,11-13,15,17-19,21,23-25,27,29-31,34,37-64,66,68-71H2,1-5H3,(H-,75,78,79,80)/b10-8-,16-14-,22-20-,28-26-,33-32-,36-35-,67-65+. The molecule has 0 aliphatic carbocycles. The van der Waals surface area contributed by atoms with Crippen molar-refractivity contribution in [3.05, 3.63) is 85.1 Å². The largest absolute Gasteiger partial charge is 0.756 e. The Hall–Kier alpha value is -2.32. The van der Waals surface area contributed by atoms with Gasteiger partial charge in [-0.15, -0.1) is 0 Å². The molecule has 0 aliphatic rings. The average Bonchev–Trinajstić information content (AvgIpc) is 3.50. The van der Waals surface area contributed by atoms with E-state index in [1.54, 1.807) is 6.08 Å². The Labute approximate surface area is 516 Å². The maximum atomic E-state index is 13.0. The number of carbonyl (C=O) groups excluding carboxylic acids is 1. The van der Waals surface area contributed by atoms with Crippen LogP contribution in [-0.2, 0) is 18.4 Å². The van der Waals surface area contributed by atoms with Gasteiger partial charge in [0.15, 0.2) is 0 Å². The molecule has 0 aliphatic heterocycles. The summed E-state index contributed by atoms with van der Waals surface area (Å²) in [7, 11) is 1.27. The van der Waals surface area contributed by atoms with Gasteiger partial charge in [0.2, 0.25) is 5.91 Å². The zero-order chi connectivity index (χ0) is 60.5. The van der Waals surface area contributed by atoms with E-state index in [-0.39, 0.29) is 19.1 Å². The lowest BCUT2D eigenvalue weighted by molar-refractivity contribution is -0.870. The third kappa shape index (κ3) is 67.1.